The zero-order valence-electron chi connectivity index (χ0n) is 18.0. The van der Waals surface area contributed by atoms with E-state index in [9.17, 15) is 18.3 Å². The normalized spacial score (nSPS) is 11.3. The highest BCUT2D eigenvalue weighted by Crippen LogP contribution is 2.30. The number of ether oxygens (including phenoxy) is 1. The van der Waals surface area contributed by atoms with Gasteiger partial charge in [-0.2, -0.15) is 8.42 Å². The van der Waals surface area contributed by atoms with Crippen LogP contribution in [0.15, 0.2) is 36.4 Å². The Morgan fingerprint density at radius 2 is 1.65 bits per heavy atom. The predicted molar refractivity (Wildman–Crippen MR) is 118 cm³/mol. The Bertz CT molecular complexity index is 983. The van der Waals surface area contributed by atoms with Crippen LogP contribution in [0.1, 0.15) is 49.3 Å². The molecule has 0 saturated carbocycles. The van der Waals surface area contributed by atoms with Gasteiger partial charge in [-0.1, -0.05) is 31.5 Å². The molecule has 0 aliphatic rings. The Kier molecular flexibility index (Phi) is 9.18. The van der Waals surface area contributed by atoms with Crippen LogP contribution in [0.2, 0.25) is 0 Å². The fourth-order valence-corrected chi connectivity index (χ4v) is 4.29. The Labute approximate surface area is 183 Å². The number of phenolic OH excluding ortho intramolecular Hbond substituents is 1. The number of carboxylic acids is 1. The lowest BCUT2D eigenvalue weighted by Gasteiger charge is -2.12. The molecule has 0 fully saturated rings. The van der Waals surface area contributed by atoms with Crippen molar-refractivity contribution in [3.8, 4) is 17.2 Å². The smallest absolute Gasteiger partial charge is 0.309 e. The van der Waals surface area contributed by atoms with E-state index in [0.29, 0.717) is 24.2 Å². The van der Waals surface area contributed by atoms with Gasteiger partial charge in [-0.15, -0.1) is 0 Å². The number of benzene rings is 2. The SMILES string of the molecule is CCCCS(=O)(=O)Oc1ccc(CCCc2ccc(CCC(=O)O)c(O)c2)cc1OC. The van der Waals surface area contributed by atoms with E-state index < -0.39 is 16.1 Å². The van der Waals surface area contributed by atoms with E-state index in [1.54, 1.807) is 24.3 Å². The second-order valence-electron chi connectivity index (χ2n) is 7.39. The molecule has 0 radical (unpaired) electrons. The molecular weight excluding hydrogens is 420 g/mol. The molecule has 170 valence electrons. The number of aliphatic carboxylic acids is 1. The first-order valence-corrected chi connectivity index (χ1v) is 11.9. The number of carbonyl (C=O) groups is 1. The van der Waals surface area contributed by atoms with Crippen LogP contribution >= 0.6 is 0 Å². The summed E-state index contributed by atoms with van der Waals surface area (Å²) in [5.41, 5.74) is 2.57. The van der Waals surface area contributed by atoms with Crippen molar-refractivity contribution in [2.24, 2.45) is 0 Å². The molecule has 2 rings (SSSR count). The van der Waals surface area contributed by atoms with Crippen LogP contribution in [0.25, 0.3) is 0 Å². The van der Waals surface area contributed by atoms with E-state index in [1.165, 1.54) is 7.11 Å². The van der Waals surface area contributed by atoms with E-state index >= 15 is 0 Å². The fraction of sp³-hybridized carbons (Fsp3) is 0.435. The number of rotatable bonds is 13. The van der Waals surface area contributed by atoms with E-state index in [1.807, 2.05) is 19.1 Å². The third kappa shape index (κ3) is 8.13. The Morgan fingerprint density at radius 3 is 2.26 bits per heavy atom. The maximum absolute atomic E-state index is 12.0. The molecule has 0 atom stereocenters. The van der Waals surface area contributed by atoms with Gasteiger partial charge < -0.3 is 19.1 Å². The molecule has 0 aromatic heterocycles. The van der Waals surface area contributed by atoms with Gasteiger partial charge in [0.05, 0.1) is 12.9 Å². The van der Waals surface area contributed by atoms with Crippen LogP contribution in [-0.2, 0) is 34.2 Å². The number of methoxy groups -OCH3 is 1. The maximum Gasteiger partial charge on any atom is 0.309 e. The van der Waals surface area contributed by atoms with Crippen molar-refractivity contribution in [2.75, 3.05) is 12.9 Å². The topological polar surface area (TPSA) is 110 Å². The van der Waals surface area contributed by atoms with Crippen molar-refractivity contribution in [1.29, 1.82) is 0 Å². The average molecular weight is 451 g/mol. The van der Waals surface area contributed by atoms with Gasteiger partial charge in [0.2, 0.25) is 0 Å². The van der Waals surface area contributed by atoms with E-state index in [-0.39, 0.29) is 23.7 Å². The van der Waals surface area contributed by atoms with Crippen molar-refractivity contribution in [3.05, 3.63) is 53.1 Å². The third-order valence-corrected chi connectivity index (χ3v) is 6.10. The number of hydrogen-bond donors (Lipinski definition) is 2. The Balaban J connectivity index is 1.95. The maximum atomic E-state index is 12.0. The van der Waals surface area contributed by atoms with Crippen LogP contribution in [0.5, 0.6) is 17.2 Å². The van der Waals surface area contributed by atoms with Gasteiger partial charge in [-0.05, 0) is 67.0 Å². The van der Waals surface area contributed by atoms with Crippen LogP contribution in [0.4, 0.5) is 0 Å². The van der Waals surface area contributed by atoms with Gasteiger partial charge >= 0.3 is 16.1 Å². The summed E-state index contributed by atoms with van der Waals surface area (Å²) < 4.78 is 34.6. The van der Waals surface area contributed by atoms with Gasteiger partial charge in [0.25, 0.3) is 0 Å². The molecule has 8 heteroatoms. The average Bonchev–Trinajstić information content (AvgIpc) is 2.72. The third-order valence-electron chi connectivity index (χ3n) is 4.88. The van der Waals surface area contributed by atoms with Crippen LogP contribution in [0.3, 0.4) is 0 Å². The van der Waals surface area contributed by atoms with Gasteiger partial charge in [0, 0.05) is 6.42 Å². The minimum Gasteiger partial charge on any atom is -0.508 e. The van der Waals surface area contributed by atoms with Crippen LogP contribution < -0.4 is 8.92 Å². The summed E-state index contributed by atoms with van der Waals surface area (Å²) in [5, 5.41) is 18.9. The standard InChI is InChI=1S/C23H30O7S/c1-3-4-14-31(27,28)30-21-12-9-18(16-22(21)29-2)7-5-6-17-8-10-19(20(24)15-17)11-13-23(25)26/h8-10,12,15-16,24H,3-7,11,13-14H2,1-2H3,(H,25,26). The molecule has 31 heavy (non-hydrogen) atoms. The Morgan fingerprint density at radius 1 is 0.968 bits per heavy atom. The molecule has 0 spiro atoms. The van der Waals surface area contributed by atoms with E-state index in [2.05, 4.69) is 0 Å². The first-order valence-electron chi connectivity index (χ1n) is 10.4. The van der Waals surface area contributed by atoms with Crippen LogP contribution in [0, 0.1) is 0 Å². The number of phenols is 1. The molecule has 0 aliphatic carbocycles. The number of hydrogen-bond acceptors (Lipinski definition) is 6. The summed E-state index contributed by atoms with van der Waals surface area (Å²) in [4.78, 5) is 10.7. The lowest BCUT2D eigenvalue weighted by atomic mass is 10.0. The molecule has 0 unspecified atom stereocenters. The molecule has 0 aliphatic heterocycles. The molecule has 2 aromatic rings. The number of aryl methyl sites for hydroxylation is 3. The predicted octanol–water partition coefficient (Wildman–Crippen LogP) is 4.10. The van der Waals surface area contributed by atoms with E-state index in [0.717, 1.165) is 36.8 Å². The lowest BCUT2D eigenvalue weighted by molar-refractivity contribution is -0.136. The molecule has 0 bridgehead atoms. The summed E-state index contributed by atoms with van der Waals surface area (Å²) in [6, 6.07) is 10.5. The highest BCUT2D eigenvalue weighted by Gasteiger charge is 2.16. The van der Waals surface area contributed by atoms with Crippen molar-refractivity contribution in [1.82, 2.24) is 0 Å². The molecule has 0 saturated heterocycles. The zero-order chi connectivity index (χ0) is 22.9. The second kappa shape index (κ2) is 11.6. The van der Waals surface area contributed by atoms with Gasteiger partial charge in [-0.3, -0.25) is 4.79 Å². The highest BCUT2D eigenvalue weighted by molar-refractivity contribution is 7.87. The monoisotopic (exact) mass is 450 g/mol. The number of carboxylic acid groups (broad SMARTS) is 1. The van der Waals surface area contributed by atoms with Crippen molar-refractivity contribution in [3.63, 3.8) is 0 Å². The van der Waals surface area contributed by atoms with Crippen molar-refractivity contribution < 1.29 is 32.3 Å². The summed E-state index contributed by atoms with van der Waals surface area (Å²) in [7, 11) is -2.18. The largest absolute Gasteiger partial charge is 0.508 e. The highest BCUT2D eigenvalue weighted by atomic mass is 32.2. The van der Waals surface area contributed by atoms with Gasteiger partial charge in [0.1, 0.15) is 5.75 Å². The zero-order valence-corrected chi connectivity index (χ0v) is 18.8. The number of unbranched alkanes of at least 4 members (excludes halogenated alkanes) is 1. The minimum absolute atomic E-state index is 0.0195. The van der Waals surface area contributed by atoms with Crippen LogP contribution in [-0.4, -0.2) is 37.5 Å². The Hall–Kier alpha value is -2.74. The lowest BCUT2D eigenvalue weighted by Crippen LogP contribution is -2.14. The molecule has 2 aromatic carbocycles. The first-order chi connectivity index (χ1) is 14.7. The van der Waals surface area contributed by atoms with Gasteiger partial charge in [-0.25, -0.2) is 0 Å². The number of aromatic hydroxyl groups is 1. The summed E-state index contributed by atoms with van der Waals surface area (Å²) >= 11 is 0. The first kappa shape index (κ1) is 24.5. The summed E-state index contributed by atoms with van der Waals surface area (Å²) in [6.07, 6.45) is 3.87. The minimum atomic E-state index is -3.65. The molecule has 7 nitrogen and oxygen atoms in total. The van der Waals surface area contributed by atoms with Crippen molar-refractivity contribution >= 4 is 16.1 Å². The fourth-order valence-electron chi connectivity index (χ4n) is 3.15. The molecular formula is C23H30O7S. The summed E-state index contributed by atoms with van der Waals surface area (Å²) in [6.45, 7) is 1.92. The second-order valence-corrected chi connectivity index (χ2v) is 9.08. The molecule has 0 amide bonds. The quantitative estimate of drug-likeness (QED) is 0.442. The van der Waals surface area contributed by atoms with Gasteiger partial charge in [0.15, 0.2) is 11.5 Å². The molecule has 2 N–H and O–H groups in total. The van der Waals surface area contributed by atoms with Crippen molar-refractivity contribution in [2.45, 2.75) is 51.9 Å². The summed E-state index contributed by atoms with van der Waals surface area (Å²) in [5.74, 6) is -0.251. The van der Waals surface area contributed by atoms with E-state index in [4.69, 9.17) is 14.0 Å². The molecule has 0 heterocycles.